The third kappa shape index (κ3) is 5.01. The molecule has 1 fully saturated rings. The van der Waals surface area contributed by atoms with Gasteiger partial charge in [0.25, 0.3) is 0 Å². The van der Waals surface area contributed by atoms with E-state index in [1.165, 1.54) is 40.7 Å². The van der Waals surface area contributed by atoms with Gasteiger partial charge in [0.2, 0.25) is 15.9 Å². The molecule has 0 saturated carbocycles. The first-order valence-corrected chi connectivity index (χ1v) is 10.9. The van der Waals surface area contributed by atoms with E-state index in [9.17, 15) is 22.4 Å². The van der Waals surface area contributed by atoms with Gasteiger partial charge in [0, 0.05) is 44.6 Å². The molecular formula is C20H20ClFN2O4S. The number of hydrogen-bond donors (Lipinski definition) is 0. The molecule has 29 heavy (non-hydrogen) atoms. The lowest BCUT2D eigenvalue weighted by Crippen LogP contribution is -2.50. The SMILES string of the molecule is O=C(CCC(=O)N1CCN(S(=O)(=O)c2ccccc2Cl)CC1)c1ccc(F)cc1. The molecule has 1 saturated heterocycles. The Kier molecular flexibility index (Phi) is 6.66. The van der Waals surface area contributed by atoms with Crippen molar-refractivity contribution < 1.29 is 22.4 Å². The molecule has 1 heterocycles. The monoisotopic (exact) mass is 438 g/mol. The van der Waals surface area contributed by atoms with E-state index in [0.29, 0.717) is 5.56 Å². The second-order valence-electron chi connectivity index (χ2n) is 6.65. The first-order valence-electron chi connectivity index (χ1n) is 9.10. The maximum Gasteiger partial charge on any atom is 0.244 e. The highest BCUT2D eigenvalue weighted by Gasteiger charge is 2.31. The summed E-state index contributed by atoms with van der Waals surface area (Å²) in [7, 11) is -3.73. The molecule has 0 atom stereocenters. The smallest absolute Gasteiger partial charge is 0.244 e. The molecule has 0 spiro atoms. The van der Waals surface area contributed by atoms with Gasteiger partial charge in [0.1, 0.15) is 10.7 Å². The second-order valence-corrected chi connectivity index (χ2v) is 8.96. The predicted octanol–water partition coefficient (Wildman–Crippen LogP) is 2.98. The lowest BCUT2D eigenvalue weighted by molar-refractivity contribution is -0.132. The lowest BCUT2D eigenvalue weighted by atomic mass is 10.1. The summed E-state index contributed by atoms with van der Waals surface area (Å²) in [6, 6.07) is 11.4. The van der Waals surface area contributed by atoms with Crippen LogP contribution >= 0.6 is 11.6 Å². The largest absolute Gasteiger partial charge is 0.340 e. The fraction of sp³-hybridized carbons (Fsp3) is 0.300. The van der Waals surface area contributed by atoms with Gasteiger partial charge in [-0.3, -0.25) is 9.59 Å². The van der Waals surface area contributed by atoms with Crippen molar-refractivity contribution in [3.05, 3.63) is 64.9 Å². The maximum absolute atomic E-state index is 12.9. The van der Waals surface area contributed by atoms with Crippen molar-refractivity contribution in [3.63, 3.8) is 0 Å². The number of piperazine rings is 1. The van der Waals surface area contributed by atoms with Crippen LogP contribution in [0.4, 0.5) is 4.39 Å². The first-order chi connectivity index (χ1) is 13.8. The third-order valence-electron chi connectivity index (χ3n) is 4.78. The average Bonchev–Trinajstić information content (AvgIpc) is 2.72. The van der Waals surface area contributed by atoms with Crippen molar-refractivity contribution in [2.75, 3.05) is 26.2 Å². The molecule has 1 aliphatic heterocycles. The second kappa shape index (κ2) is 9.02. The van der Waals surface area contributed by atoms with Gasteiger partial charge >= 0.3 is 0 Å². The number of ketones is 1. The molecule has 1 amide bonds. The summed E-state index contributed by atoms with van der Waals surface area (Å²) in [4.78, 5) is 26.1. The molecule has 0 N–H and O–H groups in total. The quantitative estimate of drug-likeness (QED) is 0.650. The van der Waals surface area contributed by atoms with Gasteiger partial charge in [0.15, 0.2) is 5.78 Å². The standard InChI is InChI=1S/C20H20ClFN2O4S/c21-17-3-1-2-4-19(17)29(27,28)24-13-11-23(12-14-24)20(26)10-9-18(25)15-5-7-16(22)8-6-15/h1-8H,9-14H2. The fourth-order valence-electron chi connectivity index (χ4n) is 3.13. The summed E-state index contributed by atoms with van der Waals surface area (Å²) >= 11 is 6.01. The molecular weight excluding hydrogens is 419 g/mol. The molecule has 2 aromatic carbocycles. The number of carbonyl (C=O) groups is 2. The molecule has 3 rings (SSSR count). The Morgan fingerprint density at radius 1 is 0.931 bits per heavy atom. The molecule has 0 radical (unpaired) electrons. The molecule has 0 bridgehead atoms. The zero-order chi connectivity index (χ0) is 21.0. The van der Waals surface area contributed by atoms with Gasteiger partial charge in [-0.05, 0) is 36.4 Å². The Balaban J connectivity index is 1.53. The molecule has 1 aliphatic rings. The number of Topliss-reactive ketones (excluding diaryl/α,β-unsaturated/α-hetero) is 1. The summed E-state index contributed by atoms with van der Waals surface area (Å²) in [6.07, 6.45) is 0.0378. The van der Waals surface area contributed by atoms with Crippen LogP contribution in [0.25, 0.3) is 0 Å². The highest BCUT2D eigenvalue weighted by Crippen LogP contribution is 2.25. The van der Waals surface area contributed by atoms with Gasteiger partial charge in [-0.25, -0.2) is 12.8 Å². The Hall–Kier alpha value is -2.29. The number of rotatable bonds is 6. The Morgan fingerprint density at radius 3 is 2.17 bits per heavy atom. The molecule has 2 aromatic rings. The topological polar surface area (TPSA) is 74.8 Å². The number of benzene rings is 2. The minimum Gasteiger partial charge on any atom is -0.340 e. The highest BCUT2D eigenvalue weighted by atomic mass is 35.5. The van der Waals surface area contributed by atoms with Crippen molar-refractivity contribution in [2.45, 2.75) is 17.7 Å². The Bertz CT molecular complexity index is 1000. The number of halogens is 2. The van der Waals surface area contributed by atoms with Gasteiger partial charge < -0.3 is 4.90 Å². The number of carbonyl (C=O) groups excluding carboxylic acids is 2. The minimum absolute atomic E-state index is 0.0165. The first kappa shape index (κ1) is 21.4. The van der Waals surface area contributed by atoms with Crippen molar-refractivity contribution in [1.29, 1.82) is 0 Å². The van der Waals surface area contributed by atoms with Gasteiger partial charge in [-0.15, -0.1) is 0 Å². The van der Waals surface area contributed by atoms with Crippen molar-refractivity contribution >= 4 is 33.3 Å². The zero-order valence-corrected chi connectivity index (χ0v) is 17.1. The van der Waals surface area contributed by atoms with E-state index in [1.54, 1.807) is 17.0 Å². The van der Waals surface area contributed by atoms with Gasteiger partial charge in [0.05, 0.1) is 5.02 Å². The Labute approximate surface area is 173 Å². The summed E-state index contributed by atoms with van der Waals surface area (Å²) in [5, 5.41) is 0.158. The van der Waals surface area contributed by atoms with E-state index >= 15 is 0 Å². The molecule has 6 nitrogen and oxygen atoms in total. The van der Waals surface area contributed by atoms with E-state index in [-0.39, 0.29) is 60.6 Å². The van der Waals surface area contributed by atoms with Crippen LogP contribution in [0.3, 0.4) is 0 Å². The van der Waals surface area contributed by atoms with E-state index < -0.39 is 15.8 Å². The highest BCUT2D eigenvalue weighted by molar-refractivity contribution is 7.89. The van der Waals surface area contributed by atoms with E-state index in [2.05, 4.69) is 0 Å². The average molecular weight is 439 g/mol. The van der Waals surface area contributed by atoms with Crippen LogP contribution in [0, 0.1) is 5.82 Å². The summed E-state index contributed by atoms with van der Waals surface area (Å²) in [6.45, 7) is 0.802. The Morgan fingerprint density at radius 2 is 1.55 bits per heavy atom. The van der Waals surface area contributed by atoms with Crippen LogP contribution in [0.15, 0.2) is 53.4 Å². The van der Waals surface area contributed by atoms with Crippen LogP contribution in [0.1, 0.15) is 23.2 Å². The number of hydrogen-bond acceptors (Lipinski definition) is 4. The normalized spacial score (nSPS) is 15.3. The lowest BCUT2D eigenvalue weighted by Gasteiger charge is -2.34. The van der Waals surface area contributed by atoms with Crippen LogP contribution in [0.2, 0.25) is 5.02 Å². The van der Waals surface area contributed by atoms with Gasteiger partial charge in [-0.1, -0.05) is 23.7 Å². The van der Waals surface area contributed by atoms with Gasteiger partial charge in [-0.2, -0.15) is 4.31 Å². The molecule has 0 unspecified atom stereocenters. The fourth-order valence-corrected chi connectivity index (χ4v) is 5.04. The summed E-state index contributed by atoms with van der Waals surface area (Å²) in [5.41, 5.74) is 0.356. The van der Waals surface area contributed by atoms with Crippen LogP contribution in [-0.2, 0) is 14.8 Å². The summed E-state index contributed by atoms with van der Waals surface area (Å²) in [5.74, 6) is -0.879. The van der Waals surface area contributed by atoms with E-state index in [4.69, 9.17) is 11.6 Å². The van der Waals surface area contributed by atoms with E-state index in [1.807, 2.05) is 0 Å². The van der Waals surface area contributed by atoms with Crippen molar-refractivity contribution in [3.8, 4) is 0 Å². The molecule has 0 aliphatic carbocycles. The van der Waals surface area contributed by atoms with Crippen molar-refractivity contribution in [1.82, 2.24) is 9.21 Å². The van der Waals surface area contributed by atoms with Crippen LogP contribution in [0.5, 0.6) is 0 Å². The van der Waals surface area contributed by atoms with Crippen LogP contribution < -0.4 is 0 Å². The summed E-state index contributed by atoms with van der Waals surface area (Å²) < 4.78 is 39.7. The number of sulfonamides is 1. The third-order valence-corrected chi connectivity index (χ3v) is 7.18. The number of nitrogens with zero attached hydrogens (tertiary/aromatic N) is 2. The molecule has 9 heteroatoms. The predicted molar refractivity (Wildman–Crippen MR) is 107 cm³/mol. The van der Waals surface area contributed by atoms with E-state index in [0.717, 1.165) is 0 Å². The zero-order valence-electron chi connectivity index (χ0n) is 15.6. The molecule has 154 valence electrons. The number of amides is 1. The molecule has 0 aromatic heterocycles. The maximum atomic E-state index is 12.9. The minimum atomic E-state index is -3.73. The van der Waals surface area contributed by atoms with Crippen LogP contribution in [-0.4, -0.2) is 55.5 Å². The van der Waals surface area contributed by atoms with Crippen molar-refractivity contribution in [2.24, 2.45) is 0 Å².